The predicted octanol–water partition coefficient (Wildman–Crippen LogP) is 5.24. The van der Waals surface area contributed by atoms with Gasteiger partial charge in [0.25, 0.3) is 0 Å². The van der Waals surface area contributed by atoms with Crippen molar-refractivity contribution in [2.75, 3.05) is 32.8 Å². The Balaban J connectivity index is 1.18. The maximum absolute atomic E-state index is 13.6. The number of amides is 1. The van der Waals surface area contributed by atoms with E-state index in [2.05, 4.69) is 0 Å². The maximum atomic E-state index is 13.6. The number of likely N-dealkylation sites (tertiary alicyclic amines) is 1. The molecule has 0 aliphatic carbocycles. The molecule has 0 radical (unpaired) electrons. The molecule has 2 fully saturated rings. The first-order valence-corrected chi connectivity index (χ1v) is 11.9. The number of nitrogens with one attached hydrogen (secondary N) is 1. The van der Waals surface area contributed by atoms with E-state index in [1.165, 1.54) is 12.1 Å². The fourth-order valence-corrected chi connectivity index (χ4v) is 4.33. The number of rotatable bonds is 8. The summed E-state index contributed by atoms with van der Waals surface area (Å²) in [7, 11) is 0. The summed E-state index contributed by atoms with van der Waals surface area (Å²) in [6.45, 7) is 2.36. The normalized spacial score (nSPS) is 18.7. The van der Waals surface area contributed by atoms with Crippen LogP contribution in [0.4, 0.5) is 9.18 Å². The Labute approximate surface area is 207 Å². The van der Waals surface area contributed by atoms with Gasteiger partial charge in [-0.3, -0.25) is 5.41 Å². The molecule has 34 heavy (non-hydrogen) atoms. The molecule has 2 saturated heterocycles. The fraction of sp³-hybridized carbons (Fsp3) is 0.417. The third-order valence-electron chi connectivity index (χ3n) is 5.94. The van der Waals surface area contributed by atoms with Crippen molar-refractivity contribution in [3.8, 4) is 11.5 Å². The Morgan fingerprint density at radius 1 is 1.09 bits per heavy atom. The number of halogens is 3. The summed E-state index contributed by atoms with van der Waals surface area (Å²) in [5.41, 5.74) is 0. The molecule has 2 aliphatic rings. The van der Waals surface area contributed by atoms with Crippen molar-refractivity contribution in [1.29, 1.82) is 5.41 Å². The van der Waals surface area contributed by atoms with Crippen LogP contribution in [-0.2, 0) is 4.74 Å². The van der Waals surface area contributed by atoms with E-state index in [0.717, 1.165) is 18.6 Å². The van der Waals surface area contributed by atoms with Crippen LogP contribution in [0.5, 0.6) is 11.5 Å². The topological polar surface area (TPSA) is 75.1 Å². The van der Waals surface area contributed by atoms with Gasteiger partial charge in [-0.1, -0.05) is 23.2 Å². The number of cyclic esters (lactones) is 1. The SMILES string of the molecule is N=C(CCOc1ccc(Cl)cc1)N1CCC(N2CC(COc3ccc(Cl)c(F)c3)OC2=O)CC1. The van der Waals surface area contributed by atoms with Crippen molar-refractivity contribution in [3.05, 3.63) is 58.3 Å². The molecule has 2 aliphatic heterocycles. The van der Waals surface area contributed by atoms with Crippen molar-refractivity contribution in [2.24, 2.45) is 0 Å². The van der Waals surface area contributed by atoms with Gasteiger partial charge in [-0.05, 0) is 49.2 Å². The maximum Gasteiger partial charge on any atom is 0.410 e. The van der Waals surface area contributed by atoms with E-state index in [9.17, 15) is 9.18 Å². The number of hydrogen-bond acceptors (Lipinski definition) is 5. The minimum absolute atomic E-state index is 0.0272. The van der Waals surface area contributed by atoms with E-state index in [1.54, 1.807) is 35.2 Å². The third kappa shape index (κ3) is 6.24. The Morgan fingerprint density at radius 2 is 1.79 bits per heavy atom. The van der Waals surface area contributed by atoms with E-state index in [4.69, 9.17) is 42.8 Å². The van der Waals surface area contributed by atoms with Crippen LogP contribution in [0, 0.1) is 11.2 Å². The van der Waals surface area contributed by atoms with Crippen LogP contribution < -0.4 is 9.47 Å². The van der Waals surface area contributed by atoms with E-state index in [0.29, 0.717) is 49.3 Å². The van der Waals surface area contributed by atoms with Gasteiger partial charge >= 0.3 is 6.09 Å². The minimum atomic E-state index is -0.557. The summed E-state index contributed by atoms with van der Waals surface area (Å²) in [5, 5.41) is 9.04. The van der Waals surface area contributed by atoms with E-state index in [1.807, 2.05) is 4.90 Å². The number of piperidine rings is 1. The Hall–Kier alpha value is -2.71. The summed E-state index contributed by atoms with van der Waals surface area (Å²) in [5.74, 6) is 1.03. The van der Waals surface area contributed by atoms with Gasteiger partial charge in [0.1, 0.15) is 23.9 Å². The number of nitrogens with zero attached hydrogens (tertiary/aromatic N) is 2. The summed E-state index contributed by atoms with van der Waals surface area (Å²) in [6, 6.07) is 11.4. The molecule has 1 unspecified atom stereocenters. The molecule has 0 aromatic heterocycles. The molecule has 2 heterocycles. The second-order valence-electron chi connectivity index (χ2n) is 8.26. The van der Waals surface area contributed by atoms with E-state index in [-0.39, 0.29) is 23.8 Å². The fourth-order valence-electron chi connectivity index (χ4n) is 4.08. The molecule has 10 heteroatoms. The lowest BCUT2D eigenvalue weighted by Gasteiger charge is -2.36. The highest BCUT2D eigenvalue weighted by atomic mass is 35.5. The zero-order valence-corrected chi connectivity index (χ0v) is 20.0. The van der Waals surface area contributed by atoms with Gasteiger partial charge in [0.05, 0.1) is 24.0 Å². The summed E-state index contributed by atoms with van der Waals surface area (Å²) < 4.78 is 30.3. The number of benzene rings is 2. The van der Waals surface area contributed by atoms with E-state index < -0.39 is 11.9 Å². The van der Waals surface area contributed by atoms with Crippen LogP contribution in [0.25, 0.3) is 0 Å². The summed E-state index contributed by atoms with van der Waals surface area (Å²) >= 11 is 11.6. The van der Waals surface area contributed by atoms with Crippen LogP contribution in [0.3, 0.4) is 0 Å². The summed E-state index contributed by atoms with van der Waals surface area (Å²) in [4.78, 5) is 16.2. The molecular weight excluding hydrogens is 484 g/mol. The lowest BCUT2D eigenvalue weighted by molar-refractivity contribution is 0.0995. The molecule has 1 atom stereocenters. The molecule has 1 N–H and O–H groups in total. The molecule has 0 saturated carbocycles. The first-order valence-electron chi connectivity index (χ1n) is 11.1. The van der Waals surface area contributed by atoms with Crippen molar-refractivity contribution in [2.45, 2.75) is 31.4 Å². The van der Waals surface area contributed by atoms with Crippen LogP contribution in [0.2, 0.25) is 10.0 Å². The zero-order chi connectivity index (χ0) is 24.1. The van der Waals surface area contributed by atoms with Gasteiger partial charge in [0.15, 0.2) is 6.10 Å². The lowest BCUT2D eigenvalue weighted by Crippen LogP contribution is -2.47. The number of ether oxygens (including phenoxy) is 3. The van der Waals surface area contributed by atoms with Crippen molar-refractivity contribution >= 4 is 35.1 Å². The van der Waals surface area contributed by atoms with E-state index >= 15 is 0 Å². The van der Waals surface area contributed by atoms with Crippen LogP contribution in [0.1, 0.15) is 19.3 Å². The van der Waals surface area contributed by atoms with Gasteiger partial charge in [0, 0.05) is 36.6 Å². The zero-order valence-electron chi connectivity index (χ0n) is 18.5. The average molecular weight is 510 g/mol. The van der Waals surface area contributed by atoms with Gasteiger partial charge < -0.3 is 24.0 Å². The average Bonchev–Trinajstić information content (AvgIpc) is 3.21. The molecule has 4 rings (SSSR count). The number of carbonyl (C=O) groups excluding carboxylic acids is 1. The lowest BCUT2D eigenvalue weighted by atomic mass is 10.0. The second kappa shape index (κ2) is 11.1. The molecular formula is C24H26Cl2FN3O4. The predicted molar refractivity (Wildman–Crippen MR) is 128 cm³/mol. The first-order chi connectivity index (χ1) is 16.4. The Morgan fingerprint density at radius 3 is 2.50 bits per heavy atom. The number of carbonyl (C=O) groups is 1. The molecule has 1 amide bonds. The van der Waals surface area contributed by atoms with Gasteiger partial charge in [-0.15, -0.1) is 0 Å². The van der Waals surface area contributed by atoms with Gasteiger partial charge in [0.2, 0.25) is 0 Å². The van der Waals surface area contributed by atoms with Crippen LogP contribution >= 0.6 is 23.2 Å². The summed E-state index contributed by atoms with van der Waals surface area (Å²) in [6.07, 6.45) is 1.23. The highest BCUT2D eigenvalue weighted by Gasteiger charge is 2.38. The largest absolute Gasteiger partial charge is 0.493 e. The molecule has 0 bridgehead atoms. The Bertz CT molecular complexity index is 1020. The van der Waals surface area contributed by atoms with Gasteiger partial charge in [-0.25, -0.2) is 9.18 Å². The number of amidine groups is 1. The molecule has 182 valence electrons. The minimum Gasteiger partial charge on any atom is -0.493 e. The van der Waals surface area contributed by atoms with Crippen molar-refractivity contribution < 1.29 is 23.4 Å². The quantitative estimate of drug-likeness (QED) is 0.388. The third-order valence-corrected chi connectivity index (χ3v) is 6.50. The monoisotopic (exact) mass is 509 g/mol. The number of hydrogen-bond donors (Lipinski definition) is 1. The van der Waals surface area contributed by atoms with Crippen molar-refractivity contribution in [3.63, 3.8) is 0 Å². The van der Waals surface area contributed by atoms with Gasteiger partial charge in [-0.2, -0.15) is 0 Å². The molecule has 0 spiro atoms. The standard InChI is InChI=1S/C24H26Cl2FN3O4/c25-16-1-3-18(4-2-16)32-12-9-23(28)29-10-7-17(8-11-29)30-14-20(34-24(30)31)15-33-19-5-6-21(26)22(27)13-19/h1-6,13,17,20,28H,7-12,14-15H2. The van der Waals surface area contributed by atoms with Crippen LogP contribution in [0.15, 0.2) is 42.5 Å². The molecule has 2 aromatic rings. The van der Waals surface area contributed by atoms with Crippen LogP contribution in [-0.4, -0.2) is 66.7 Å². The van der Waals surface area contributed by atoms with Crippen molar-refractivity contribution in [1.82, 2.24) is 9.80 Å². The molecule has 7 nitrogen and oxygen atoms in total. The first kappa shape index (κ1) is 24.4. The smallest absolute Gasteiger partial charge is 0.410 e. The highest BCUT2D eigenvalue weighted by molar-refractivity contribution is 6.30. The second-order valence-corrected chi connectivity index (χ2v) is 9.11. The Kier molecular flexibility index (Phi) is 8.00. The molecule has 2 aromatic carbocycles. The highest BCUT2D eigenvalue weighted by Crippen LogP contribution is 2.25.